The number of likely N-dealkylation sites (N-methyl/N-ethyl adjacent to an activating group) is 1. The molecule has 3 aromatic rings. The van der Waals surface area contributed by atoms with E-state index in [9.17, 15) is 9.59 Å². The molecule has 1 unspecified atom stereocenters. The van der Waals surface area contributed by atoms with Crippen LogP contribution in [-0.2, 0) is 9.59 Å². The molecule has 29 heavy (non-hydrogen) atoms. The van der Waals surface area contributed by atoms with Crippen LogP contribution >= 0.6 is 23.2 Å². The topological polar surface area (TPSA) is 93.0 Å². The monoisotopic (exact) mass is 432 g/mol. The number of carbonyl (C=O) groups is 2. The zero-order chi connectivity index (χ0) is 21.0. The van der Waals surface area contributed by atoms with Crippen molar-refractivity contribution in [1.29, 1.82) is 0 Å². The Morgan fingerprint density at radius 2 is 1.76 bits per heavy atom. The molecular formula is C19H18Cl2N6O2. The van der Waals surface area contributed by atoms with Crippen LogP contribution < -0.4 is 5.32 Å². The zero-order valence-corrected chi connectivity index (χ0v) is 17.2. The van der Waals surface area contributed by atoms with E-state index in [4.69, 9.17) is 23.2 Å². The Kier molecular flexibility index (Phi) is 6.46. The Morgan fingerprint density at radius 1 is 1.10 bits per heavy atom. The Balaban J connectivity index is 1.64. The summed E-state index contributed by atoms with van der Waals surface area (Å²) in [5, 5.41) is 15.5. The van der Waals surface area contributed by atoms with Gasteiger partial charge in [0.05, 0.1) is 22.3 Å². The Morgan fingerprint density at radius 3 is 2.41 bits per heavy atom. The molecule has 0 fully saturated rings. The summed E-state index contributed by atoms with van der Waals surface area (Å²) in [7, 11) is 1.52. The molecule has 3 rings (SSSR count). The maximum absolute atomic E-state index is 12.7. The number of hydrogen-bond acceptors (Lipinski definition) is 5. The van der Waals surface area contributed by atoms with Crippen molar-refractivity contribution in [3.05, 3.63) is 58.6 Å². The first kappa shape index (κ1) is 20.8. The van der Waals surface area contributed by atoms with Crippen molar-refractivity contribution in [2.45, 2.75) is 13.0 Å². The molecule has 0 aliphatic carbocycles. The molecule has 150 valence electrons. The van der Waals surface area contributed by atoms with E-state index in [0.29, 0.717) is 21.6 Å². The van der Waals surface area contributed by atoms with E-state index in [0.717, 1.165) is 5.56 Å². The van der Waals surface area contributed by atoms with E-state index in [1.807, 2.05) is 30.3 Å². The van der Waals surface area contributed by atoms with Gasteiger partial charge >= 0.3 is 0 Å². The highest BCUT2D eigenvalue weighted by Crippen LogP contribution is 2.29. The van der Waals surface area contributed by atoms with Crippen LogP contribution in [0.5, 0.6) is 0 Å². The predicted molar refractivity (Wildman–Crippen MR) is 111 cm³/mol. The number of tetrazole rings is 1. The number of amides is 2. The fourth-order valence-corrected chi connectivity index (χ4v) is 3.09. The fraction of sp³-hybridized carbons (Fsp3) is 0.211. The highest BCUT2D eigenvalue weighted by Gasteiger charge is 2.24. The van der Waals surface area contributed by atoms with Gasteiger partial charge in [0.1, 0.15) is 6.04 Å². The highest BCUT2D eigenvalue weighted by atomic mass is 35.5. The Hall–Kier alpha value is -2.97. The Labute approximate surface area is 177 Å². The van der Waals surface area contributed by atoms with Gasteiger partial charge in [-0.3, -0.25) is 9.59 Å². The second-order valence-electron chi connectivity index (χ2n) is 6.31. The first-order valence-electron chi connectivity index (χ1n) is 8.70. The summed E-state index contributed by atoms with van der Waals surface area (Å²) in [4.78, 5) is 27.5. The minimum Gasteiger partial charge on any atom is -0.335 e. The van der Waals surface area contributed by atoms with Gasteiger partial charge in [-0.25, -0.2) is 0 Å². The normalized spacial score (nSPS) is 11.7. The second kappa shape index (κ2) is 9.02. The number of aromatic nitrogens is 4. The minimum atomic E-state index is -0.735. The molecule has 0 spiro atoms. The third kappa shape index (κ3) is 4.90. The van der Waals surface area contributed by atoms with Gasteiger partial charge in [0.2, 0.25) is 17.6 Å². The van der Waals surface area contributed by atoms with E-state index in [2.05, 4.69) is 20.7 Å². The van der Waals surface area contributed by atoms with E-state index < -0.39 is 11.9 Å². The van der Waals surface area contributed by atoms with E-state index in [1.165, 1.54) is 16.7 Å². The smallest absolute Gasteiger partial charge is 0.249 e. The zero-order valence-electron chi connectivity index (χ0n) is 15.7. The molecule has 0 saturated carbocycles. The maximum Gasteiger partial charge on any atom is 0.249 e. The van der Waals surface area contributed by atoms with Gasteiger partial charge in [-0.1, -0.05) is 59.6 Å². The lowest BCUT2D eigenvalue weighted by molar-refractivity contribution is -0.136. The van der Waals surface area contributed by atoms with Crippen LogP contribution in [0.3, 0.4) is 0 Å². The van der Waals surface area contributed by atoms with Crippen molar-refractivity contribution in [3.8, 4) is 11.4 Å². The molecular weight excluding hydrogens is 415 g/mol. The fourth-order valence-electron chi connectivity index (χ4n) is 2.60. The van der Waals surface area contributed by atoms with Crippen LogP contribution in [0, 0.1) is 0 Å². The van der Waals surface area contributed by atoms with Crippen LogP contribution in [0.1, 0.15) is 13.0 Å². The van der Waals surface area contributed by atoms with E-state index in [-0.39, 0.29) is 12.5 Å². The molecule has 1 aromatic heterocycles. The summed E-state index contributed by atoms with van der Waals surface area (Å²) >= 11 is 12.1. The number of nitrogens with zero attached hydrogens (tertiary/aromatic N) is 5. The average Bonchev–Trinajstić information content (AvgIpc) is 3.20. The van der Waals surface area contributed by atoms with Gasteiger partial charge in [-0.15, -0.1) is 10.2 Å². The number of para-hydroxylation sites is 1. The molecule has 0 aliphatic rings. The molecule has 0 saturated heterocycles. The number of rotatable bonds is 6. The van der Waals surface area contributed by atoms with Crippen molar-refractivity contribution < 1.29 is 9.59 Å². The largest absolute Gasteiger partial charge is 0.335 e. The predicted octanol–water partition coefficient (Wildman–Crippen LogP) is 3.31. The lowest BCUT2D eigenvalue weighted by Gasteiger charge is -2.20. The third-order valence-corrected chi connectivity index (χ3v) is 4.78. The molecule has 1 heterocycles. The van der Waals surface area contributed by atoms with Gasteiger partial charge in [0.15, 0.2) is 0 Å². The quantitative estimate of drug-likeness (QED) is 0.644. The van der Waals surface area contributed by atoms with Crippen LogP contribution in [0.15, 0.2) is 48.5 Å². The van der Waals surface area contributed by atoms with Gasteiger partial charge in [-0.2, -0.15) is 4.80 Å². The van der Waals surface area contributed by atoms with E-state index >= 15 is 0 Å². The number of halogens is 2. The second-order valence-corrected chi connectivity index (χ2v) is 7.13. The number of hydrogen-bond donors (Lipinski definition) is 1. The third-order valence-electron chi connectivity index (χ3n) is 4.15. The lowest BCUT2D eigenvalue weighted by Crippen LogP contribution is -2.39. The summed E-state index contributed by atoms with van der Waals surface area (Å²) in [5.41, 5.74) is 1.10. The lowest BCUT2D eigenvalue weighted by atomic mass is 10.2. The van der Waals surface area contributed by atoms with Gasteiger partial charge in [0.25, 0.3) is 0 Å². The first-order valence-corrected chi connectivity index (χ1v) is 9.46. The SMILES string of the molecule is CC(C(=O)N(C)CC(=O)Nc1c(Cl)cccc1Cl)n1nnc(-c2ccccc2)n1. The molecule has 8 nitrogen and oxygen atoms in total. The van der Waals surface area contributed by atoms with Gasteiger partial charge in [-0.05, 0) is 24.3 Å². The molecule has 0 aliphatic heterocycles. The summed E-state index contributed by atoms with van der Waals surface area (Å²) < 4.78 is 0. The number of anilines is 1. The number of carbonyl (C=O) groups excluding carboxylic acids is 2. The Bertz CT molecular complexity index is 1000. The molecule has 0 bridgehead atoms. The number of benzene rings is 2. The van der Waals surface area contributed by atoms with Crippen molar-refractivity contribution >= 4 is 40.7 Å². The van der Waals surface area contributed by atoms with E-state index in [1.54, 1.807) is 25.1 Å². The van der Waals surface area contributed by atoms with Crippen LogP contribution in [0.25, 0.3) is 11.4 Å². The molecule has 0 radical (unpaired) electrons. The summed E-state index contributed by atoms with van der Waals surface area (Å²) in [6.45, 7) is 1.45. The van der Waals surface area contributed by atoms with Crippen molar-refractivity contribution in [1.82, 2.24) is 25.1 Å². The van der Waals surface area contributed by atoms with Crippen LogP contribution in [-0.4, -0.2) is 50.5 Å². The molecule has 2 aromatic carbocycles. The van der Waals surface area contributed by atoms with Crippen LogP contribution in [0.2, 0.25) is 10.0 Å². The van der Waals surface area contributed by atoms with Gasteiger partial charge in [0, 0.05) is 12.6 Å². The van der Waals surface area contributed by atoms with Gasteiger partial charge < -0.3 is 10.2 Å². The van der Waals surface area contributed by atoms with Crippen molar-refractivity contribution in [2.24, 2.45) is 0 Å². The van der Waals surface area contributed by atoms with Crippen molar-refractivity contribution in [3.63, 3.8) is 0 Å². The average molecular weight is 433 g/mol. The molecule has 1 atom stereocenters. The standard InChI is InChI=1S/C19H18Cl2N6O2/c1-12(27-24-18(23-25-27)13-7-4-3-5-8-13)19(29)26(2)11-16(28)22-17-14(20)9-6-10-15(17)21/h3-10,12H,11H2,1-2H3,(H,22,28). The van der Waals surface area contributed by atoms with Crippen LogP contribution in [0.4, 0.5) is 5.69 Å². The minimum absolute atomic E-state index is 0.190. The molecule has 1 N–H and O–H groups in total. The molecule has 2 amide bonds. The first-order chi connectivity index (χ1) is 13.9. The number of nitrogens with one attached hydrogen (secondary N) is 1. The maximum atomic E-state index is 12.7. The molecule has 10 heteroatoms. The summed E-state index contributed by atoms with van der Waals surface area (Å²) in [6.07, 6.45) is 0. The summed E-state index contributed by atoms with van der Waals surface area (Å²) in [5.74, 6) is -0.360. The highest BCUT2D eigenvalue weighted by molar-refractivity contribution is 6.39. The summed E-state index contributed by atoms with van der Waals surface area (Å²) in [6, 6.07) is 13.5. The van der Waals surface area contributed by atoms with Crippen molar-refractivity contribution in [2.75, 3.05) is 18.9 Å².